The quantitative estimate of drug-likeness (QED) is 0.172. The Kier molecular flexibility index (Phi) is 7.46. The molecule has 0 saturated heterocycles. The summed E-state index contributed by atoms with van der Waals surface area (Å²) in [6.07, 6.45) is 0. The molecule has 0 atom stereocenters. The minimum Gasteiger partial charge on any atom is -0.309 e. The Balaban J connectivity index is 1.15. The first-order chi connectivity index (χ1) is 27.8. The minimum absolute atomic E-state index is 0.683. The standard InChI is InChI=1S/C52H34N4/c1-3-16-35(17-4-1)36-18-13-19-37(32-36)38-20-14-21-39(33-38)49-51-50(45-28-9-12-31-48(45)56(51)41-23-5-2-6-24-41)54-52(53-49)40-22-15-25-42(34-40)55-46-29-10-7-26-43(46)44-27-8-11-30-47(44)55/h1-34H. The van der Waals surface area contributed by atoms with E-state index in [4.69, 9.17) is 9.97 Å². The Morgan fingerprint density at radius 1 is 0.304 bits per heavy atom. The fraction of sp³-hybridized carbons (Fsp3) is 0. The van der Waals surface area contributed by atoms with Gasteiger partial charge in [-0.05, 0) is 76.9 Å². The third-order valence-electron chi connectivity index (χ3n) is 10.9. The monoisotopic (exact) mass is 714 g/mol. The molecule has 3 aromatic heterocycles. The molecule has 0 aliphatic rings. The number of benzene rings is 8. The van der Waals surface area contributed by atoms with Crippen molar-refractivity contribution in [3.8, 4) is 56.3 Å². The smallest absolute Gasteiger partial charge is 0.160 e. The van der Waals surface area contributed by atoms with Gasteiger partial charge in [0, 0.05) is 38.7 Å². The molecule has 8 aromatic carbocycles. The van der Waals surface area contributed by atoms with Crippen LogP contribution >= 0.6 is 0 Å². The van der Waals surface area contributed by atoms with E-state index < -0.39 is 0 Å². The maximum atomic E-state index is 5.53. The Labute approximate surface area is 324 Å². The number of fused-ring (bicyclic) bond motifs is 6. The summed E-state index contributed by atoms with van der Waals surface area (Å²) in [5.74, 6) is 0.683. The fourth-order valence-corrected chi connectivity index (χ4v) is 8.36. The SMILES string of the molecule is c1ccc(-c2cccc(-c3cccc(-c4nc(-c5cccc(-n6c7ccccc7c7ccccc76)c5)nc5c6ccccc6n(-c6ccccc6)c45)c3)c2)cc1. The minimum atomic E-state index is 0.683. The Morgan fingerprint density at radius 3 is 1.45 bits per heavy atom. The summed E-state index contributed by atoms with van der Waals surface area (Å²) in [5, 5.41) is 3.55. The molecule has 0 N–H and O–H groups in total. The highest BCUT2D eigenvalue weighted by Gasteiger charge is 2.22. The average molecular weight is 715 g/mol. The summed E-state index contributed by atoms with van der Waals surface area (Å²) < 4.78 is 4.67. The Hall–Kier alpha value is -7.56. The van der Waals surface area contributed by atoms with Crippen molar-refractivity contribution in [2.75, 3.05) is 0 Å². The number of para-hydroxylation sites is 4. The van der Waals surface area contributed by atoms with Crippen LogP contribution in [0.1, 0.15) is 0 Å². The molecule has 11 rings (SSSR count). The highest BCUT2D eigenvalue weighted by atomic mass is 15.0. The molecule has 0 spiro atoms. The van der Waals surface area contributed by atoms with E-state index in [1.54, 1.807) is 0 Å². The number of hydrogen-bond acceptors (Lipinski definition) is 2. The summed E-state index contributed by atoms with van der Waals surface area (Å²) >= 11 is 0. The lowest BCUT2D eigenvalue weighted by molar-refractivity contribution is 1.14. The predicted molar refractivity (Wildman–Crippen MR) is 232 cm³/mol. The van der Waals surface area contributed by atoms with E-state index in [0.717, 1.165) is 61.3 Å². The molecule has 56 heavy (non-hydrogen) atoms. The molecule has 3 heterocycles. The molecular weight excluding hydrogens is 681 g/mol. The van der Waals surface area contributed by atoms with Gasteiger partial charge in [-0.25, -0.2) is 9.97 Å². The van der Waals surface area contributed by atoms with Crippen molar-refractivity contribution >= 4 is 43.7 Å². The Morgan fingerprint density at radius 2 is 0.768 bits per heavy atom. The van der Waals surface area contributed by atoms with Gasteiger partial charge in [-0.15, -0.1) is 0 Å². The lowest BCUT2D eigenvalue weighted by Crippen LogP contribution is -2.00. The van der Waals surface area contributed by atoms with Crippen molar-refractivity contribution in [2.45, 2.75) is 0 Å². The molecule has 0 saturated carbocycles. The van der Waals surface area contributed by atoms with Gasteiger partial charge in [0.15, 0.2) is 5.82 Å². The first kappa shape index (κ1) is 31.9. The van der Waals surface area contributed by atoms with Crippen LogP contribution in [0.15, 0.2) is 206 Å². The van der Waals surface area contributed by atoms with Crippen LogP contribution in [0.2, 0.25) is 0 Å². The molecule has 0 aliphatic carbocycles. The average Bonchev–Trinajstić information content (AvgIpc) is 3.80. The molecule has 0 radical (unpaired) electrons. The van der Waals surface area contributed by atoms with E-state index in [9.17, 15) is 0 Å². The van der Waals surface area contributed by atoms with Gasteiger partial charge in [0.25, 0.3) is 0 Å². The van der Waals surface area contributed by atoms with Gasteiger partial charge in [-0.3, -0.25) is 0 Å². The number of rotatable bonds is 6. The van der Waals surface area contributed by atoms with Crippen LogP contribution < -0.4 is 0 Å². The third kappa shape index (κ3) is 5.23. The lowest BCUT2D eigenvalue weighted by Gasteiger charge is -2.14. The van der Waals surface area contributed by atoms with Crippen molar-refractivity contribution in [3.05, 3.63) is 206 Å². The Bertz CT molecular complexity index is 3190. The second-order valence-corrected chi connectivity index (χ2v) is 14.2. The summed E-state index contributed by atoms with van der Waals surface area (Å²) in [6.45, 7) is 0. The van der Waals surface area contributed by atoms with Crippen LogP contribution in [0.3, 0.4) is 0 Å². The summed E-state index contributed by atoms with van der Waals surface area (Å²) in [5.41, 5.74) is 15.0. The van der Waals surface area contributed by atoms with E-state index in [-0.39, 0.29) is 0 Å². The first-order valence-corrected chi connectivity index (χ1v) is 19.0. The number of aromatic nitrogens is 4. The van der Waals surface area contributed by atoms with Gasteiger partial charge in [0.05, 0.1) is 27.8 Å². The molecule has 0 bridgehead atoms. The first-order valence-electron chi connectivity index (χ1n) is 19.0. The van der Waals surface area contributed by atoms with Gasteiger partial charge in [0.1, 0.15) is 5.52 Å². The van der Waals surface area contributed by atoms with Crippen LogP contribution in [-0.4, -0.2) is 19.1 Å². The second-order valence-electron chi connectivity index (χ2n) is 14.2. The third-order valence-corrected chi connectivity index (χ3v) is 10.9. The van der Waals surface area contributed by atoms with Gasteiger partial charge >= 0.3 is 0 Å². The molecule has 0 aliphatic heterocycles. The fourth-order valence-electron chi connectivity index (χ4n) is 8.36. The molecule has 0 unspecified atom stereocenters. The zero-order valence-corrected chi connectivity index (χ0v) is 30.4. The number of nitrogens with zero attached hydrogens (tertiary/aromatic N) is 4. The molecule has 4 heteroatoms. The van der Waals surface area contributed by atoms with E-state index in [1.165, 1.54) is 32.9 Å². The normalized spacial score (nSPS) is 11.6. The van der Waals surface area contributed by atoms with Crippen LogP contribution in [0.5, 0.6) is 0 Å². The van der Waals surface area contributed by atoms with Gasteiger partial charge in [0.2, 0.25) is 0 Å². The predicted octanol–water partition coefficient (Wildman–Crippen LogP) is 13.3. The van der Waals surface area contributed by atoms with E-state index in [0.29, 0.717) is 5.82 Å². The van der Waals surface area contributed by atoms with Crippen molar-refractivity contribution < 1.29 is 0 Å². The highest BCUT2D eigenvalue weighted by Crippen LogP contribution is 2.40. The van der Waals surface area contributed by atoms with E-state index in [2.05, 4.69) is 215 Å². The summed E-state index contributed by atoms with van der Waals surface area (Å²) in [4.78, 5) is 11.0. The largest absolute Gasteiger partial charge is 0.309 e. The van der Waals surface area contributed by atoms with Gasteiger partial charge in [-0.2, -0.15) is 0 Å². The van der Waals surface area contributed by atoms with E-state index >= 15 is 0 Å². The number of hydrogen-bond donors (Lipinski definition) is 0. The van der Waals surface area contributed by atoms with Crippen molar-refractivity contribution in [1.29, 1.82) is 0 Å². The summed E-state index contributed by atoms with van der Waals surface area (Å²) in [6, 6.07) is 73.1. The molecule has 0 amide bonds. The van der Waals surface area contributed by atoms with Crippen LogP contribution in [0.4, 0.5) is 0 Å². The molecule has 262 valence electrons. The van der Waals surface area contributed by atoms with Gasteiger partial charge < -0.3 is 9.13 Å². The molecule has 4 nitrogen and oxygen atoms in total. The molecule has 0 fully saturated rings. The maximum absolute atomic E-state index is 5.53. The van der Waals surface area contributed by atoms with Crippen LogP contribution in [0.25, 0.3) is 100 Å². The van der Waals surface area contributed by atoms with Crippen molar-refractivity contribution in [2.24, 2.45) is 0 Å². The highest BCUT2D eigenvalue weighted by molar-refractivity contribution is 6.12. The summed E-state index contributed by atoms with van der Waals surface area (Å²) in [7, 11) is 0. The molecule has 11 aromatic rings. The zero-order valence-electron chi connectivity index (χ0n) is 30.4. The van der Waals surface area contributed by atoms with Crippen molar-refractivity contribution in [1.82, 2.24) is 19.1 Å². The van der Waals surface area contributed by atoms with Gasteiger partial charge in [-0.1, -0.05) is 152 Å². The topological polar surface area (TPSA) is 35.6 Å². The van der Waals surface area contributed by atoms with Crippen LogP contribution in [-0.2, 0) is 0 Å². The van der Waals surface area contributed by atoms with E-state index in [1.807, 2.05) is 0 Å². The zero-order chi connectivity index (χ0) is 37.0. The second kappa shape index (κ2) is 13.1. The van der Waals surface area contributed by atoms with Crippen molar-refractivity contribution in [3.63, 3.8) is 0 Å². The van der Waals surface area contributed by atoms with Crippen LogP contribution in [0, 0.1) is 0 Å². The lowest BCUT2D eigenvalue weighted by atomic mass is 9.97. The maximum Gasteiger partial charge on any atom is 0.160 e. The molecular formula is C52H34N4.